The maximum absolute atomic E-state index is 12.3. The van der Waals surface area contributed by atoms with Crippen LogP contribution in [0.2, 0.25) is 10.0 Å². The van der Waals surface area contributed by atoms with Crippen molar-refractivity contribution in [3.05, 3.63) is 82.0 Å². The molecule has 9 heteroatoms. The van der Waals surface area contributed by atoms with E-state index in [2.05, 4.69) is 10.3 Å². The molecule has 0 saturated heterocycles. The minimum Gasteiger partial charge on any atom is -0.438 e. The van der Waals surface area contributed by atoms with Gasteiger partial charge in [0.2, 0.25) is 5.88 Å². The second-order valence-corrected chi connectivity index (χ2v) is 8.95. The molecule has 0 spiro atoms. The Morgan fingerprint density at radius 3 is 2.52 bits per heavy atom. The number of carbonyl (C=O) groups is 1. The van der Waals surface area contributed by atoms with Crippen LogP contribution in [0, 0.1) is 0 Å². The van der Waals surface area contributed by atoms with Crippen molar-refractivity contribution in [1.82, 2.24) is 10.3 Å². The van der Waals surface area contributed by atoms with Crippen molar-refractivity contribution in [3.8, 4) is 11.6 Å². The van der Waals surface area contributed by atoms with Gasteiger partial charge in [0.1, 0.15) is 10.6 Å². The largest absolute Gasteiger partial charge is 0.438 e. The van der Waals surface area contributed by atoms with Crippen LogP contribution in [-0.4, -0.2) is 25.6 Å². The number of para-hydroxylation sites is 1. The van der Waals surface area contributed by atoms with Crippen molar-refractivity contribution in [3.63, 3.8) is 0 Å². The minimum absolute atomic E-state index is 0.0588. The third-order valence-corrected chi connectivity index (χ3v) is 5.64. The normalized spacial score (nSPS) is 11.1. The van der Waals surface area contributed by atoms with E-state index in [1.54, 1.807) is 30.3 Å². The van der Waals surface area contributed by atoms with E-state index in [9.17, 15) is 13.2 Å². The molecule has 0 aliphatic heterocycles. The van der Waals surface area contributed by atoms with E-state index in [0.717, 1.165) is 11.8 Å². The molecule has 1 heterocycles. The number of rotatable bonds is 6. The summed E-state index contributed by atoms with van der Waals surface area (Å²) in [5, 5.41) is 3.73. The van der Waals surface area contributed by atoms with Crippen molar-refractivity contribution in [2.24, 2.45) is 0 Å². The van der Waals surface area contributed by atoms with Gasteiger partial charge in [-0.15, -0.1) is 0 Å². The molecular formula is C20H16Cl2N2O4S. The smallest absolute Gasteiger partial charge is 0.253 e. The summed E-state index contributed by atoms with van der Waals surface area (Å²) in [5.41, 5.74) is 1.05. The molecule has 0 atom stereocenters. The highest BCUT2D eigenvalue weighted by Gasteiger charge is 2.15. The Kier molecular flexibility index (Phi) is 6.42. The molecule has 0 saturated carbocycles. The third kappa shape index (κ3) is 5.47. The fourth-order valence-corrected chi connectivity index (χ4v) is 3.75. The van der Waals surface area contributed by atoms with Gasteiger partial charge < -0.3 is 10.1 Å². The number of aromatic nitrogens is 1. The fraction of sp³-hybridized carbons (Fsp3) is 0.100. The zero-order chi connectivity index (χ0) is 21.0. The summed E-state index contributed by atoms with van der Waals surface area (Å²) in [5.74, 6) is -0.0120. The first kappa shape index (κ1) is 21.1. The predicted octanol–water partition coefficient (Wildman–Crippen LogP) is 4.51. The molecule has 3 aromatic rings. The number of pyridine rings is 1. The van der Waals surface area contributed by atoms with E-state index in [4.69, 9.17) is 27.9 Å². The highest BCUT2D eigenvalue weighted by atomic mass is 35.5. The lowest BCUT2D eigenvalue weighted by Gasteiger charge is -2.10. The van der Waals surface area contributed by atoms with E-state index in [1.807, 2.05) is 0 Å². The van der Waals surface area contributed by atoms with Gasteiger partial charge in [-0.1, -0.05) is 41.4 Å². The topological polar surface area (TPSA) is 85.4 Å². The zero-order valence-corrected chi connectivity index (χ0v) is 17.6. The molecule has 150 valence electrons. The molecule has 0 bridgehead atoms. The van der Waals surface area contributed by atoms with Gasteiger partial charge in [-0.25, -0.2) is 13.4 Å². The van der Waals surface area contributed by atoms with E-state index in [0.29, 0.717) is 15.6 Å². The van der Waals surface area contributed by atoms with Gasteiger partial charge in [0, 0.05) is 35.1 Å². The molecule has 1 N–H and O–H groups in total. The molecule has 6 nitrogen and oxygen atoms in total. The van der Waals surface area contributed by atoms with Crippen LogP contribution in [0.15, 0.2) is 65.7 Å². The van der Waals surface area contributed by atoms with Gasteiger partial charge in [-0.2, -0.15) is 0 Å². The van der Waals surface area contributed by atoms with E-state index in [-0.39, 0.29) is 29.0 Å². The van der Waals surface area contributed by atoms with Gasteiger partial charge in [-0.05, 0) is 35.9 Å². The molecule has 2 aromatic carbocycles. The van der Waals surface area contributed by atoms with Gasteiger partial charge >= 0.3 is 0 Å². The monoisotopic (exact) mass is 450 g/mol. The van der Waals surface area contributed by atoms with Crippen LogP contribution >= 0.6 is 23.2 Å². The molecule has 0 aliphatic carbocycles. The van der Waals surface area contributed by atoms with Crippen LogP contribution in [0.4, 0.5) is 0 Å². The maximum Gasteiger partial charge on any atom is 0.253 e. The predicted molar refractivity (Wildman–Crippen MR) is 111 cm³/mol. The van der Waals surface area contributed by atoms with Crippen molar-refractivity contribution < 1.29 is 17.9 Å². The van der Waals surface area contributed by atoms with Crippen LogP contribution in [0.1, 0.15) is 15.9 Å². The molecular weight excluding hydrogens is 435 g/mol. The molecule has 3 rings (SSSR count). The van der Waals surface area contributed by atoms with Gasteiger partial charge in [0.25, 0.3) is 5.91 Å². The highest BCUT2D eigenvalue weighted by molar-refractivity contribution is 7.90. The fourth-order valence-electron chi connectivity index (χ4n) is 2.47. The Labute approximate surface area is 178 Å². The van der Waals surface area contributed by atoms with E-state index < -0.39 is 9.84 Å². The summed E-state index contributed by atoms with van der Waals surface area (Å²) in [7, 11) is -3.45. The third-order valence-electron chi connectivity index (χ3n) is 3.92. The average Bonchev–Trinajstić information content (AvgIpc) is 2.67. The summed E-state index contributed by atoms with van der Waals surface area (Å²) in [6.07, 6.45) is 2.44. The van der Waals surface area contributed by atoms with Crippen molar-refractivity contribution in [2.45, 2.75) is 11.4 Å². The average molecular weight is 451 g/mol. The maximum atomic E-state index is 12.3. The summed E-state index contributed by atoms with van der Waals surface area (Å²) in [4.78, 5) is 16.5. The number of ether oxygens (including phenoxy) is 1. The number of nitrogens with one attached hydrogen (secondary N) is 1. The first-order valence-electron chi connectivity index (χ1n) is 8.39. The SMILES string of the molecule is CS(=O)(=O)c1ccccc1Oc1ccc(C(=O)NCc2ccc(Cl)cc2Cl)cn1. The van der Waals surface area contributed by atoms with Crippen LogP contribution in [0.3, 0.4) is 0 Å². The van der Waals surface area contributed by atoms with E-state index in [1.165, 1.54) is 30.5 Å². The molecule has 1 aromatic heterocycles. The number of sulfone groups is 1. The Hall–Kier alpha value is -2.61. The zero-order valence-electron chi connectivity index (χ0n) is 15.2. The van der Waals surface area contributed by atoms with Crippen LogP contribution in [0.25, 0.3) is 0 Å². The summed E-state index contributed by atoms with van der Waals surface area (Å²) in [6.45, 7) is 0.231. The number of hydrogen-bond acceptors (Lipinski definition) is 5. The number of hydrogen-bond donors (Lipinski definition) is 1. The summed E-state index contributed by atoms with van der Waals surface area (Å²) < 4.78 is 29.3. The van der Waals surface area contributed by atoms with Gasteiger partial charge in [-0.3, -0.25) is 4.79 Å². The lowest BCUT2D eigenvalue weighted by Crippen LogP contribution is -2.23. The van der Waals surface area contributed by atoms with Gasteiger partial charge in [0.05, 0.1) is 5.56 Å². The standard InChI is InChI=1S/C20H16Cl2N2O4S/c1-29(26,27)18-5-3-2-4-17(18)28-19-9-7-14(12-23-19)20(25)24-11-13-6-8-15(21)10-16(13)22/h2-10,12H,11H2,1H3,(H,24,25). The Morgan fingerprint density at radius 1 is 1.10 bits per heavy atom. The number of carbonyl (C=O) groups excluding carboxylic acids is 1. The van der Waals surface area contributed by atoms with Gasteiger partial charge in [0.15, 0.2) is 9.84 Å². The lowest BCUT2D eigenvalue weighted by molar-refractivity contribution is 0.0950. The molecule has 1 amide bonds. The van der Waals surface area contributed by atoms with Crippen LogP contribution < -0.4 is 10.1 Å². The van der Waals surface area contributed by atoms with Crippen LogP contribution in [-0.2, 0) is 16.4 Å². The second-order valence-electron chi connectivity index (χ2n) is 6.12. The molecule has 0 unspecified atom stereocenters. The number of benzene rings is 2. The number of halogens is 2. The lowest BCUT2D eigenvalue weighted by atomic mass is 10.2. The molecule has 0 fully saturated rings. The number of nitrogens with zero attached hydrogens (tertiary/aromatic N) is 1. The van der Waals surface area contributed by atoms with Crippen molar-refractivity contribution in [2.75, 3.05) is 6.26 Å². The minimum atomic E-state index is -3.45. The summed E-state index contributed by atoms with van der Waals surface area (Å²) in [6, 6.07) is 14.3. The molecule has 0 aliphatic rings. The Bertz CT molecular complexity index is 1150. The van der Waals surface area contributed by atoms with Crippen molar-refractivity contribution in [1.29, 1.82) is 0 Å². The second kappa shape index (κ2) is 8.82. The molecule has 29 heavy (non-hydrogen) atoms. The first-order valence-corrected chi connectivity index (χ1v) is 11.0. The van der Waals surface area contributed by atoms with Crippen molar-refractivity contribution >= 4 is 38.9 Å². The number of amides is 1. The Morgan fingerprint density at radius 2 is 1.86 bits per heavy atom. The van der Waals surface area contributed by atoms with E-state index >= 15 is 0 Å². The highest BCUT2D eigenvalue weighted by Crippen LogP contribution is 2.27. The quantitative estimate of drug-likeness (QED) is 0.596. The summed E-state index contributed by atoms with van der Waals surface area (Å²) >= 11 is 12.0. The molecule has 0 radical (unpaired) electrons. The van der Waals surface area contributed by atoms with Crippen LogP contribution in [0.5, 0.6) is 11.6 Å². The first-order chi connectivity index (χ1) is 13.7. The Balaban J connectivity index is 1.68.